The Morgan fingerprint density at radius 2 is 1.90 bits per heavy atom. The molecule has 2 aliphatic rings. The van der Waals surface area contributed by atoms with Gasteiger partial charge in [0.1, 0.15) is 0 Å². The molecule has 1 aromatic carbocycles. The molecule has 12 heteroatoms. The van der Waals surface area contributed by atoms with E-state index in [0.29, 0.717) is 42.0 Å². The fourth-order valence-corrected chi connectivity index (χ4v) is 5.53. The van der Waals surface area contributed by atoms with Crippen molar-refractivity contribution in [1.29, 1.82) is 0 Å². The molecule has 2 N–H and O–H groups in total. The summed E-state index contributed by atoms with van der Waals surface area (Å²) >= 11 is 0. The SMILES string of the molecule is CN1CC[C@H](n2cc(Nc3nccc(-c4ccc(CNC(=O)N5CCC(C(C)(C)C)C5)c(C(F)(F)F)c4)n3)cn2)C1. The van der Waals surface area contributed by atoms with E-state index >= 15 is 0 Å². The summed E-state index contributed by atoms with van der Waals surface area (Å²) in [5.41, 5.74) is 0.609. The first kappa shape index (κ1) is 28.8. The highest BCUT2D eigenvalue weighted by atomic mass is 19.4. The number of nitrogens with zero attached hydrogens (tertiary/aromatic N) is 6. The molecule has 0 saturated carbocycles. The summed E-state index contributed by atoms with van der Waals surface area (Å²) in [4.78, 5) is 25.3. The van der Waals surface area contributed by atoms with Gasteiger partial charge < -0.3 is 20.4 Å². The molecule has 3 aromatic rings. The van der Waals surface area contributed by atoms with Crippen LogP contribution in [0.3, 0.4) is 0 Å². The van der Waals surface area contributed by atoms with Crippen LogP contribution in [0.15, 0.2) is 42.9 Å². The first-order valence-electron chi connectivity index (χ1n) is 13.9. The van der Waals surface area contributed by atoms with Gasteiger partial charge in [-0.25, -0.2) is 14.8 Å². The number of likely N-dealkylation sites (tertiary alicyclic amines) is 2. The molecule has 1 unspecified atom stereocenters. The van der Waals surface area contributed by atoms with E-state index in [2.05, 4.69) is 58.4 Å². The Morgan fingerprint density at radius 3 is 2.59 bits per heavy atom. The average molecular weight is 571 g/mol. The fourth-order valence-electron chi connectivity index (χ4n) is 5.53. The minimum atomic E-state index is -4.60. The van der Waals surface area contributed by atoms with Crippen molar-refractivity contribution in [3.63, 3.8) is 0 Å². The Kier molecular flexibility index (Phi) is 7.95. The minimum absolute atomic E-state index is 0.00135. The number of carbonyl (C=O) groups is 1. The summed E-state index contributed by atoms with van der Waals surface area (Å²) in [6, 6.07) is 5.58. The normalized spacial score (nSPS) is 20.0. The van der Waals surface area contributed by atoms with E-state index in [4.69, 9.17) is 0 Å². The van der Waals surface area contributed by atoms with Gasteiger partial charge in [-0.2, -0.15) is 18.3 Å². The van der Waals surface area contributed by atoms with E-state index in [1.807, 2.05) is 10.9 Å². The summed E-state index contributed by atoms with van der Waals surface area (Å²) in [7, 11) is 2.07. The molecular weight excluding hydrogens is 533 g/mol. The predicted molar refractivity (Wildman–Crippen MR) is 151 cm³/mol. The second kappa shape index (κ2) is 11.3. The third-order valence-corrected chi connectivity index (χ3v) is 8.10. The van der Waals surface area contributed by atoms with Crippen LogP contribution in [0.4, 0.5) is 29.6 Å². The van der Waals surface area contributed by atoms with Gasteiger partial charge in [-0.3, -0.25) is 4.68 Å². The van der Waals surface area contributed by atoms with Gasteiger partial charge in [-0.15, -0.1) is 0 Å². The third-order valence-electron chi connectivity index (χ3n) is 8.10. The van der Waals surface area contributed by atoms with Gasteiger partial charge in [0.2, 0.25) is 5.95 Å². The number of amides is 2. The van der Waals surface area contributed by atoms with Crippen LogP contribution < -0.4 is 10.6 Å². The van der Waals surface area contributed by atoms with Crippen molar-refractivity contribution in [3.8, 4) is 11.3 Å². The van der Waals surface area contributed by atoms with Crippen LogP contribution in [0, 0.1) is 11.3 Å². The number of hydrogen-bond acceptors (Lipinski definition) is 6. The fraction of sp³-hybridized carbons (Fsp3) is 0.517. The summed E-state index contributed by atoms with van der Waals surface area (Å²) in [5.74, 6) is 0.616. The Balaban J connectivity index is 1.28. The number of carbonyl (C=O) groups excluding carboxylic acids is 1. The monoisotopic (exact) mass is 570 g/mol. The van der Waals surface area contributed by atoms with Crippen molar-refractivity contribution in [2.75, 3.05) is 38.5 Å². The van der Waals surface area contributed by atoms with Gasteiger partial charge >= 0.3 is 12.2 Å². The van der Waals surface area contributed by atoms with Crippen LogP contribution in [0.1, 0.15) is 50.8 Å². The first-order valence-corrected chi connectivity index (χ1v) is 13.9. The number of likely N-dealkylation sites (N-methyl/N-ethyl adjacent to an activating group) is 1. The molecule has 0 radical (unpaired) electrons. The maximum atomic E-state index is 14.1. The second-order valence-electron chi connectivity index (χ2n) is 12.1. The number of halogens is 3. The zero-order valence-corrected chi connectivity index (χ0v) is 23.9. The highest BCUT2D eigenvalue weighted by Crippen LogP contribution is 2.36. The van der Waals surface area contributed by atoms with Crippen LogP contribution in [0.5, 0.6) is 0 Å². The highest BCUT2D eigenvalue weighted by molar-refractivity contribution is 5.74. The molecule has 0 spiro atoms. The Labute approximate surface area is 238 Å². The maximum Gasteiger partial charge on any atom is 0.416 e. The van der Waals surface area contributed by atoms with E-state index in [-0.39, 0.29) is 29.5 Å². The number of aromatic nitrogens is 4. The molecule has 2 saturated heterocycles. The quantitative estimate of drug-likeness (QED) is 0.404. The number of urea groups is 1. The van der Waals surface area contributed by atoms with E-state index in [9.17, 15) is 18.0 Å². The smallest absolute Gasteiger partial charge is 0.334 e. The number of anilines is 2. The highest BCUT2D eigenvalue weighted by Gasteiger charge is 2.36. The Bertz CT molecular complexity index is 1380. The lowest BCUT2D eigenvalue weighted by molar-refractivity contribution is -0.138. The molecule has 4 heterocycles. The lowest BCUT2D eigenvalue weighted by Crippen LogP contribution is -2.39. The molecular formula is C29H37F3N8O. The topological polar surface area (TPSA) is 91.2 Å². The first-order chi connectivity index (χ1) is 19.4. The van der Waals surface area contributed by atoms with E-state index in [1.54, 1.807) is 23.2 Å². The van der Waals surface area contributed by atoms with Gasteiger partial charge in [-0.1, -0.05) is 32.9 Å². The molecule has 0 aliphatic carbocycles. The molecule has 41 heavy (non-hydrogen) atoms. The van der Waals surface area contributed by atoms with Crippen molar-refractivity contribution in [2.45, 2.75) is 52.4 Å². The molecule has 9 nitrogen and oxygen atoms in total. The van der Waals surface area contributed by atoms with Crippen LogP contribution in [0.2, 0.25) is 0 Å². The van der Waals surface area contributed by atoms with Crippen LogP contribution in [-0.4, -0.2) is 68.8 Å². The summed E-state index contributed by atoms with van der Waals surface area (Å²) in [6.45, 7) is 9.32. The van der Waals surface area contributed by atoms with Gasteiger partial charge in [0.15, 0.2) is 0 Å². The second-order valence-corrected chi connectivity index (χ2v) is 12.1. The molecule has 0 bridgehead atoms. The average Bonchev–Trinajstić information content (AvgIpc) is 3.68. The maximum absolute atomic E-state index is 14.1. The van der Waals surface area contributed by atoms with Crippen LogP contribution in [-0.2, 0) is 12.7 Å². The summed E-state index contributed by atoms with van der Waals surface area (Å²) < 4.78 is 44.2. The zero-order chi connectivity index (χ0) is 29.4. The van der Waals surface area contributed by atoms with Crippen LogP contribution in [0.25, 0.3) is 11.3 Å². The van der Waals surface area contributed by atoms with Gasteiger partial charge in [0.05, 0.1) is 29.2 Å². The molecule has 2 fully saturated rings. The van der Waals surface area contributed by atoms with E-state index in [0.717, 1.165) is 32.0 Å². The van der Waals surface area contributed by atoms with E-state index < -0.39 is 11.7 Å². The molecule has 220 valence electrons. The Hall–Kier alpha value is -3.67. The number of alkyl halides is 3. The lowest BCUT2D eigenvalue weighted by atomic mass is 9.80. The third kappa shape index (κ3) is 6.80. The van der Waals surface area contributed by atoms with Crippen molar-refractivity contribution >= 4 is 17.7 Å². The number of rotatable bonds is 6. The molecule has 2 atom stereocenters. The standard InChI is InChI=1S/C29H37F3N8O/c1-28(2,3)21-8-12-39(16-21)27(41)34-14-20-6-5-19(13-24(20)29(30,31)32)25-7-10-33-26(37-25)36-22-15-35-40(17-22)23-9-11-38(4)18-23/h5-7,10,13,15,17,21,23H,8-9,11-12,14,16,18H2,1-4H3,(H,34,41)(H,33,36,37)/t21?,23-/m0/s1. The number of hydrogen-bond donors (Lipinski definition) is 2. The van der Waals surface area contributed by atoms with Crippen molar-refractivity contribution in [1.82, 2.24) is 34.9 Å². The van der Waals surface area contributed by atoms with Gasteiger partial charge in [0, 0.05) is 44.1 Å². The lowest BCUT2D eigenvalue weighted by Gasteiger charge is -2.27. The summed E-state index contributed by atoms with van der Waals surface area (Å²) in [5, 5.41) is 10.2. The largest absolute Gasteiger partial charge is 0.416 e. The van der Waals surface area contributed by atoms with Crippen molar-refractivity contribution < 1.29 is 18.0 Å². The van der Waals surface area contributed by atoms with Gasteiger partial charge in [0.25, 0.3) is 0 Å². The number of nitrogens with one attached hydrogen (secondary N) is 2. The zero-order valence-electron chi connectivity index (χ0n) is 23.9. The minimum Gasteiger partial charge on any atom is -0.334 e. The predicted octanol–water partition coefficient (Wildman–Crippen LogP) is 5.56. The molecule has 2 amide bonds. The molecule has 2 aromatic heterocycles. The summed E-state index contributed by atoms with van der Waals surface area (Å²) in [6.07, 6.45) is 2.37. The molecule has 2 aliphatic heterocycles. The van der Waals surface area contributed by atoms with Crippen LogP contribution >= 0.6 is 0 Å². The van der Waals surface area contributed by atoms with Gasteiger partial charge in [-0.05, 0) is 55.5 Å². The van der Waals surface area contributed by atoms with Crippen molar-refractivity contribution in [2.24, 2.45) is 11.3 Å². The Morgan fingerprint density at radius 1 is 1.10 bits per heavy atom. The number of benzene rings is 1. The molecule has 5 rings (SSSR count). The van der Waals surface area contributed by atoms with Crippen molar-refractivity contribution in [3.05, 3.63) is 54.0 Å². The van der Waals surface area contributed by atoms with E-state index in [1.165, 1.54) is 12.3 Å².